The van der Waals surface area contributed by atoms with Gasteiger partial charge in [-0.2, -0.15) is 10.5 Å². The molecule has 0 radical (unpaired) electrons. The second kappa shape index (κ2) is 11.7. The van der Waals surface area contributed by atoms with Gasteiger partial charge in [-0.1, -0.05) is 43.3 Å². The van der Waals surface area contributed by atoms with Gasteiger partial charge in [0.1, 0.15) is 17.2 Å². The number of benzene rings is 2. The zero-order chi connectivity index (χ0) is 24.5. The fourth-order valence-electron chi connectivity index (χ4n) is 3.18. The number of hydrogen-bond acceptors (Lipinski definition) is 8. The van der Waals surface area contributed by atoms with E-state index in [1.54, 1.807) is 24.3 Å². The summed E-state index contributed by atoms with van der Waals surface area (Å²) in [5, 5.41) is 21.1. The molecular weight excluding hydrogens is 452 g/mol. The fraction of sp³-hybridized carbons (Fsp3) is 0.240. The van der Waals surface area contributed by atoms with Gasteiger partial charge in [0, 0.05) is 12.1 Å². The van der Waals surface area contributed by atoms with E-state index in [2.05, 4.69) is 5.32 Å². The van der Waals surface area contributed by atoms with E-state index in [4.69, 9.17) is 4.74 Å². The molecule has 1 aliphatic rings. The Bertz CT molecular complexity index is 1160. The Morgan fingerprint density at radius 2 is 1.79 bits per heavy atom. The molecule has 1 atom stereocenters. The number of nitrogens with zero attached hydrogens (tertiary/aromatic N) is 3. The van der Waals surface area contributed by atoms with Gasteiger partial charge in [-0.3, -0.25) is 9.59 Å². The summed E-state index contributed by atoms with van der Waals surface area (Å²) < 4.78 is 5.17. The first-order valence-electron chi connectivity index (χ1n) is 10.7. The Hall–Kier alpha value is -4.08. The van der Waals surface area contributed by atoms with Crippen LogP contribution in [-0.4, -0.2) is 29.6 Å². The Morgan fingerprint density at radius 3 is 2.41 bits per heavy atom. The van der Waals surface area contributed by atoms with E-state index in [1.807, 2.05) is 25.1 Å². The minimum absolute atomic E-state index is 0.0889. The van der Waals surface area contributed by atoms with Crippen LogP contribution in [0.1, 0.15) is 36.5 Å². The second-order valence-corrected chi connectivity index (χ2v) is 8.55. The van der Waals surface area contributed by atoms with E-state index in [9.17, 15) is 24.9 Å². The molecule has 0 aliphatic carbocycles. The maximum Gasteiger partial charge on any atom is 0.338 e. The molecule has 1 aliphatic heterocycles. The number of unbranched alkanes of at least 4 members (excludes halogenated alkanes) is 1. The maximum atomic E-state index is 13.1. The van der Waals surface area contributed by atoms with Crippen molar-refractivity contribution in [3.8, 4) is 12.1 Å². The van der Waals surface area contributed by atoms with E-state index in [0.29, 0.717) is 23.5 Å². The van der Waals surface area contributed by atoms with Crippen molar-refractivity contribution in [1.82, 2.24) is 0 Å². The minimum atomic E-state index is -0.811. The molecule has 2 aromatic rings. The highest BCUT2D eigenvalue weighted by Gasteiger charge is 2.41. The van der Waals surface area contributed by atoms with E-state index in [-0.39, 0.29) is 17.0 Å². The number of anilines is 2. The lowest BCUT2D eigenvalue weighted by atomic mass is 10.2. The first kappa shape index (κ1) is 24.6. The summed E-state index contributed by atoms with van der Waals surface area (Å²) in [5.74, 6) is -1.33. The molecule has 0 bridgehead atoms. The lowest BCUT2D eigenvalue weighted by Gasteiger charge is -2.16. The van der Waals surface area contributed by atoms with Crippen LogP contribution in [0.2, 0.25) is 0 Å². The third-order valence-electron chi connectivity index (χ3n) is 4.94. The average Bonchev–Trinajstić information content (AvgIpc) is 3.13. The number of thioether (sulfide) groups is 1. The summed E-state index contributed by atoms with van der Waals surface area (Å²) in [7, 11) is 0. The molecule has 1 saturated heterocycles. The van der Waals surface area contributed by atoms with Gasteiger partial charge in [0.15, 0.2) is 5.57 Å². The zero-order valence-corrected chi connectivity index (χ0v) is 19.3. The van der Waals surface area contributed by atoms with Crippen LogP contribution >= 0.6 is 11.8 Å². The summed E-state index contributed by atoms with van der Waals surface area (Å²) in [4.78, 5) is 38.9. The van der Waals surface area contributed by atoms with Crippen LogP contribution in [-0.2, 0) is 14.3 Å². The van der Waals surface area contributed by atoms with E-state index < -0.39 is 23.0 Å². The van der Waals surface area contributed by atoms with Crippen LogP contribution in [0, 0.1) is 22.7 Å². The van der Waals surface area contributed by atoms with E-state index >= 15 is 0 Å². The second-order valence-electron chi connectivity index (χ2n) is 7.33. The number of imide groups is 1. The lowest BCUT2D eigenvalue weighted by Crippen LogP contribution is -2.31. The third-order valence-corrected chi connectivity index (χ3v) is 6.13. The van der Waals surface area contributed by atoms with Crippen molar-refractivity contribution in [2.45, 2.75) is 31.4 Å². The van der Waals surface area contributed by atoms with Crippen LogP contribution < -0.4 is 10.2 Å². The summed E-state index contributed by atoms with van der Waals surface area (Å²) in [6, 6.07) is 18.7. The first-order valence-corrected chi connectivity index (χ1v) is 11.5. The Kier molecular flexibility index (Phi) is 8.44. The van der Waals surface area contributed by atoms with Crippen molar-refractivity contribution >= 4 is 40.9 Å². The first-order chi connectivity index (χ1) is 16.5. The van der Waals surface area contributed by atoms with Gasteiger partial charge < -0.3 is 10.1 Å². The summed E-state index contributed by atoms with van der Waals surface area (Å²) in [5.41, 5.74) is 1.13. The highest BCUT2D eigenvalue weighted by atomic mass is 32.2. The van der Waals surface area contributed by atoms with Gasteiger partial charge in [0.25, 0.3) is 0 Å². The number of nitriles is 2. The number of esters is 1. The van der Waals surface area contributed by atoms with Crippen LogP contribution in [0.25, 0.3) is 0 Å². The Morgan fingerprint density at radius 1 is 1.12 bits per heavy atom. The molecule has 2 amide bonds. The number of carbonyl (C=O) groups is 3. The van der Waals surface area contributed by atoms with Crippen molar-refractivity contribution in [1.29, 1.82) is 10.5 Å². The molecule has 1 N–H and O–H groups in total. The van der Waals surface area contributed by atoms with E-state index in [0.717, 1.165) is 29.5 Å². The van der Waals surface area contributed by atoms with Gasteiger partial charge in [-0.05, 0) is 42.8 Å². The van der Waals surface area contributed by atoms with Gasteiger partial charge in [-0.15, -0.1) is 0 Å². The van der Waals surface area contributed by atoms with Crippen molar-refractivity contribution < 1.29 is 19.1 Å². The Balaban J connectivity index is 1.75. The molecule has 0 aromatic heterocycles. The summed E-state index contributed by atoms with van der Waals surface area (Å²) in [6.07, 6.45) is 1.59. The van der Waals surface area contributed by atoms with Crippen LogP contribution in [0.3, 0.4) is 0 Å². The number of rotatable bonds is 9. The highest BCUT2D eigenvalue weighted by molar-refractivity contribution is 8.04. The van der Waals surface area contributed by atoms with Crippen molar-refractivity contribution in [3.63, 3.8) is 0 Å². The molecule has 9 heteroatoms. The topological polar surface area (TPSA) is 123 Å². The molecule has 172 valence electrons. The van der Waals surface area contributed by atoms with Gasteiger partial charge >= 0.3 is 5.97 Å². The minimum Gasteiger partial charge on any atom is -0.462 e. The fourth-order valence-corrected chi connectivity index (χ4v) is 4.28. The standard InChI is InChI=1S/C25H22N4O4S/c1-2-3-13-33-25(32)17-9-11-20(12-10-17)29-22(30)14-21(24(29)31)34-23(18(15-26)16-27)28-19-7-5-4-6-8-19/h4-12,21,28H,2-3,13-14H2,1H3/t21-/m1/s1. The van der Waals surface area contributed by atoms with Gasteiger partial charge in [0.2, 0.25) is 11.8 Å². The highest BCUT2D eigenvalue weighted by Crippen LogP contribution is 2.35. The predicted molar refractivity (Wildman–Crippen MR) is 128 cm³/mol. The molecule has 8 nitrogen and oxygen atoms in total. The molecule has 0 spiro atoms. The van der Waals surface area contributed by atoms with Crippen LogP contribution in [0.5, 0.6) is 0 Å². The third kappa shape index (κ3) is 5.83. The predicted octanol–water partition coefficient (Wildman–Crippen LogP) is 4.38. The van der Waals surface area contributed by atoms with Crippen LogP contribution in [0.15, 0.2) is 65.2 Å². The number of amides is 2. The Labute approximate surface area is 201 Å². The van der Waals surface area contributed by atoms with Gasteiger partial charge in [0.05, 0.1) is 23.1 Å². The molecule has 3 rings (SSSR count). The summed E-state index contributed by atoms with van der Waals surface area (Å²) in [6.45, 7) is 2.33. The molecule has 34 heavy (non-hydrogen) atoms. The number of carbonyl (C=O) groups excluding carboxylic acids is 3. The molecule has 0 unspecified atom stereocenters. The number of ether oxygens (including phenoxy) is 1. The van der Waals surface area contributed by atoms with Crippen LogP contribution in [0.4, 0.5) is 11.4 Å². The molecule has 2 aromatic carbocycles. The molecule has 1 heterocycles. The zero-order valence-electron chi connectivity index (χ0n) is 18.5. The average molecular weight is 475 g/mol. The van der Waals surface area contributed by atoms with Crippen molar-refractivity contribution in [2.24, 2.45) is 0 Å². The van der Waals surface area contributed by atoms with Crippen molar-refractivity contribution in [2.75, 3.05) is 16.8 Å². The number of hydrogen-bond donors (Lipinski definition) is 1. The number of allylic oxidation sites excluding steroid dienone is 1. The van der Waals surface area contributed by atoms with E-state index in [1.165, 1.54) is 24.3 Å². The normalized spacial score (nSPS) is 14.8. The molecule has 1 fully saturated rings. The quantitative estimate of drug-likeness (QED) is 0.246. The number of para-hydroxylation sites is 1. The molecule has 0 saturated carbocycles. The molecular formula is C25H22N4O4S. The largest absolute Gasteiger partial charge is 0.462 e. The lowest BCUT2D eigenvalue weighted by molar-refractivity contribution is -0.121. The smallest absolute Gasteiger partial charge is 0.338 e. The van der Waals surface area contributed by atoms with Crippen molar-refractivity contribution in [3.05, 3.63) is 70.8 Å². The number of nitrogens with one attached hydrogen (secondary N) is 1. The van der Waals surface area contributed by atoms with Gasteiger partial charge in [-0.25, -0.2) is 9.69 Å². The summed E-state index contributed by atoms with van der Waals surface area (Å²) >= 11 is 0.971. The maximum absolute atomic E-state index is 13.1. The SMILES string of the molecule is CCCCOC(=O)c1ccc(N2C(=O)C[C@@H](SC(Nc3ccccc3)=C(C#N)C#N)C2=O)cc1. The monoisotopic (exact) mass is 474 g/mol.